The van der Waals surface area contributed by atoms with Gasteiger partial charge < -0.3 is 15.3 Å². The Hall–Kier alpha value is -2.96. The van der Waals surface area contributed by atoms with Crippen LogP contribution in [0.4, 0.5) is 0 Å². The SMILES string of the molecule is CCCCc1nnc2cnc3cc(/C(C(C)=N)=C(\C)O)c(OC)cc3n12. The van der Waals surface area contributed by atoms with Gasteiger partial charge in [0.1, 0.15) is 11.6 Å². The van der Waals surface area contributed by atoms with Crippen molar-refractivity contribution in [1.82, 2.24) is 19.6 Å². The maximum absolute atomic E-state index is 10.0. The van der Waals surface area contributed by atoms with Gasteiger partial charge in [-0.05, 0) is 26.3 Å². The number of hydrogen-bond acceptors (Lipinski definition) is 6. The molecule has 0 radical (unpaired) electrons. The molecule has 26 heavy (non-hydrogen) atoms. The van der Waals surface area contributed by atoms with Gasteiger partial charge in [-0.25, -0.2) is 0 Å². The van der Waals surface area contributed by atoms with E-state index in [4.69, 9.17) is 10.1 Å². The average Bonchev–Trinajstić information content (AvgIpc) is 3.02. The molecule has 0 bridgehead atoms. The molecular formula is C19H23N5O2. The second kappa shape index (κ2) is 7.11. The molecule has 7 heteroatoms. The van der Waals surface area contributed by atoms with Crippen LogP contribution in [0.5, 0.6) is 5.75 Å². The Kier molecular flexibility index (Phi) is 4.88. The third-order valence-electron chi connectivity index (χ3n) is 4.37. The van der Waals surface area contributed by atoms with Crippen LogP contribution in [-0.4, -0.2) is 37.5 Å². The molecule has 7 nitrogen and oxygen atoms in total. The number of hydrogen-bond donors (Lipinski definition) is 2. The number of fused-ring (bicyclic) bond motifs is 3. The first-order valence-corrected chi connectivity index (χ1v) is 8.64. The van der Waals surface area contributed by atoms with Gasteiger partial charge in [0, 0.05) is 29.3 Å². The molecule has 0 spiro atoms. The summed E-state index contributed by atoms with van der Waals surface area (Å²) in [7, 11) is 1.58. The van der Waals surface area contributed by atoms with Crippen molar-refractivity contribution in [3.63, 3.8) is 0 Å². The van der Waals surface area contributed by atoms with Crippen LogP contribution in [0.1, 0.15) is 45.0 Å². The Morgan fingerprint density at radius 3 is 2.65 bits per heavy atom. The Morgan fingerprint density at radius 2 is 2.04 bits per heavy atom. The Balaban J connectivity index is 2.31. The highest BCUT2D eigenvalue weighted by Crippen LogP contribution is 2.33. The normalized spacial score (nSPS) is 12.5. The number of rotatable bonds is 6. The quantitative estimate of drug-likeness (QED) is 0.516. The Labute approximate surface area is 151 Å². The predicted octanol–water partition coefficient (Wildman–Crippen LogP) is 3.96. The number of nitrogens with one attached hydrogen (secondary N) is 1. The lowest BCUT2D eigenvalue weighted by Crippen LogP contribution is -2.04. The number of unbranched alkanes of at least 4 members (excludes halogenated alkanes) is 1. The van der Waals surface area contributed by atoms with Crippen LogP contribution < -0.4 is 4.74 Å². The smallest absolute Gasteiger partial charge is 0.179 e. The van der Waals surface area contributed by atoms with Crippen LogP contribution >= 0.6 is 0 Å². The molecule has 0 aliphatic carbocycles. The van der Waals surface area contributed by atoms with E-state index in [2.05, 4.69) is 22.1 Å². The highest BCUT2D eigenvalue weighted by atomic mass is 16.5. The number of aliphatic hydroxyl groups excluding tert-OH is 1. The number of aryl methyl sites for hydroxylation is 1. The second-order valence-electron chi connectivity index (χ2n) is 6.30. The minimum absolute atomic E-state index is 0.0733. The topological polar surface area (TPSA) is 96.4 Å². The lowest BCUT2D eigenvalue weighted by Gasteiger charge is -2.14. The molecular weight excluding hydrogens is 330 g/mol. The molecule has 0 fully saturated rings. The fraction of sp³-hybridized carbons (Fsp3) is 0.368. The first-order chi connectivity index (χ1) is 12.5. The maximum atomic E-state index is 10.0. The van der Waals surface area contributed by atoms with Gasteiger partial charge in [0.15, 0.2) is 5.65 Å². The highest BCUT2D eigenvalue weighted by molar-refractivity contribution is 6.22. The van der Waals surface area contributed by atoms with Crippen molar-refractivity contribution in [2.45, 2.75) is 40.0 Å². The van der Waals surface area contributed by atoms with Gasteiger partial charge in [-0.2, -0.15) is 0 Å². The van der Waals surface area contributed by atoms with Crippen molar-refractivity contribution in [3.05, 3.63) is 35.5 Å². The zero-order valence-corrected chi connectivity index (χ0v) is 15.5. The number of aromatic nitrogens is 4. The van der Waals surface area contributed by atoms with E-state index in [1.165, 1.54) is 0 Å². The van der Waals surface area contributed by atoms with Crippen molar-refractivity contribution in [2.24, 2.45) is 0 Å². The number of benzene rings is 1. The van der Waals surface area contributed by atoms with Crippen molar-refractivity contribution in [2.75, 3.05) is 7.11 Å². The third-order valence-corrected chi connectivity index (χ3v) is 4.37. The van der Waals surface area contributed by atoms with Gasteiger partial charge in [-0.1, -0.05) is 13.3 Å². The summed E-state index contributed by atoms with van der Waals surface area (Å²) < 4.78 is 7.55. The van der Waals surface area contributed by atoms with Crippen LogP contribution in [0.15, 0.2) is 24.1 Å². The number of methoxy groups -OCH3 is 1. The minimum atomic E-state index is 0.0733. The van der Waals surface area contributed by atoms with Crippen LogP contribution in [0, 0.1) is 5.41 Å². The number of ether oxygens (including phenoxy) is 1. The summed E-state index contributed by atoms with van der Waals surface area (Å²) in [6.07, 6.45) is 4.63. The first-order valence-electron chi connectivity index (χ1n) is 8.64. The number of aliphatic hydroxyl groups is 1. The summed E-state index contributed by atoms with van der Waals surface area (Å²) in [6, 6.07) is 3.71. The van der Waals surface area contributed by atoms with E-state index in [0.717, 1.165) is 36.1 Å². The molecule has 136 valence electrons. The summed E-state index contributed by atoms with van der Waals surface area (Å²) in [5.74, 6) is 1.53. The van der Waals surface area contributed by atoms with E-state index in [0.29, 0.717) is 22.5 Å². The van der Waals surface area contributed by atoms with Crippen molar-refractivity contribution in [3.8, 4) is 5.75 Å². The molecule has 0 atom stereocenters. The van der Waals surface area contributed by atoms with Gasteiger partial charge in [0.2, 0.25) is 0 Å². The van der Waals surface area contributed by atoms with E-state index in [-0.39, 0.29) is 11.5 Å². The van der Waals surface area contributed by atoms with Crippen molar-refractivity contribution < 1.29 is 9.84 Å². The van der Waals surface area contributed by atoms with E-state index in [9.17, 15) is 5.11 Å². The van der Waals surface area contributed by atoms with Crippen LogP contribution in [0.3, 0.4) is 0 Å². The van der Waals surface area contributed by atoms with Crippen molar-refractivity contribution in [1.29, 1.82) is 5.41 Å². The molecule has 1 aromatic carbocycles. The molecule has 3 aromatic rings. The molecule has 2 N–H and O–H groups in total. The molecule has 0 saturated heterocycles. The lowest BCUT2D eigenvalue weighted by atomic mass is 9.99. The first kappa shape index (κ1) is 17.8. The van der Waals surface area contributed by atoms with E-state index < -0.39 is 0 Å². The number of allylic oxidation sites excluding steroid dienone is 2. The van der Waals surface area contributed by atoms with Gasteiger partial charge in [0.05, 0.1) is 30.1 Å². The zero-order valence-electron chi connectivity index (χ0n) is 15.5. The average molecular weight is 353 g/mol. The third kappa shape index (κ3) is 3.00. The standard InChI is InChI=1S/C19H23N5O2/c1-5-6-7-17-22-23-18-10-21-14-8-13(19(11(2)20)12(3)25)16(26-4)9-15(14)24(17)18/h8-10,20,25H,5-7H2,1-4H3/b19-12+,20-11?. The van der Waals surface area contributed by atoms with E-state index in [1.54, 1.807) is 27.2 Å². The fourth-order valence-corrected chi connectivity index (χ4v) is 3.17. The highest BCUT2D eigenvalue weighted by Gasteiger charge is 2.18. The van der Waals surface area contributed by atoms with Gasteiger partial charge in [-0.3, -0.25) is 9.38 Å². The minimum Gasteiger partial charge on any atom is -0.512 e. The van der Waals surface area contributed by atoms with Crippen LogP contribution in [0.25, 0.3) is 22.3 Å². The second-order valence-corrected chi connectivity index (χ2v) is 6.30. The maximum Gasteiger partial charge on any atom is 0.179 e. The van der Waals surface area contributed by atoms with E-state index in [1.807, 2.05) is 16.5 Å². The van der Waals surface area contributed by atoms with Gasteiger partial charge >= 0.3 is 0 Å². The molecule has 0 aliphatic rings. The van der Waals surface area contributed by atoms with Crippen molar-refractivity contribution >= 4 is 28.0 Å². The predicted molar refractivity (Wildman–Crippen MR) is 102 cm³/mol. The summed E-state index contributed by atoms with van der Waals surface area (Å²) in [5, 5.41) is 26.6. The molecule has 0 amide bonds. The van der Waals surface area contributed by atoms with Gasteiger partial charge in [-0.15, -0.1) is 10.2 Å². The largest absolute Gasteiger partial charge is 0.512 e. The summed E-state index contributed by atoms with van der Waals surface area (Å²) >= 11 is 0. The molecule has 0 aliphatic heterocycles. The Morgan fingerprint density at radius 1 is 1.27 bits per heavy atom. The Bertz CT molecular complexity index is 1020. The molecule has 0 saturated carbocycles. The molecule has 0 unspecified atom stereocenters. The summed E-state index contributed by atoms with van der Waals surface area (Å²) in [5.41, 5.74) is 3.61. The molecule has 2 heterocycles. The summed E-state index contributed by atoms with van der Waals surface area (Å²) in [6.45, 7) is 5.34. The number of nitrogens with zero attached hydrogens (tertiary/aromatic N) is 4. The van der Waals surface area contributed by atoms with Gasteiger partial charge in [0.25, 0.3) is 0 Å². The summed E-state index contributed by atoms with van der Waals surface area (Å²) in [4.78, 5) is 4.49. The zero-order chi connectivity index (χ0) is 18.8. The fourth-order valence-electron chi connectivity index (χ4n) is 3.17. The van der Waals surface area contributed by atoms with Crippen LogP contribution in [-0.2, 0) is 6.42 Å². The molecule has 3 rings (SSSR count). The monoisotopic (exact) mass is 353 g/mol. The van der Waals surface area contributed by atoms with E-state index >= 15 is 0 Å². The van der Waals surface area contributed by atoms with Crippen LogP contribution in [0.2, 0.25) is 0 Å². The molecule has 2 aromatic heterocycles. The lowest BCUT2D eigenvalue weighted by molar-refractivity contribution is 0.409.